The van der Waals surface area contributed by atoms with Gasteiger partial charge in [-0.05, 0) is 6.92 Å². The molecule has 0 aromatic carbocycles. The first-order valence-electron chi connectivity index (χ1n) is 8.63. The van der Waals surface area contributed by atoms with Crippen LogP contribution in [0.5, 0.6) is 5.88 Å². The second kappa shape index (κ2) is 6.35. The molecule has 4 rings (SSSR count). The van der Waals surface area contributed by atoms with Crippen LogP contribution in [0.2, 0.25) is 0 Å². The molecule has 24 heavy (non-hydrogen) atoms. The van der Waals surface area contributed by atoms with Crippen LogP contribution in [-0.2, 0) is 19.5 Å². The third-order valence-corrected chi connectivity index (χ3v) is 4.80. The molecule has 2 aliphatic rings. The number of anilines is 1. The zero-order chi connectivity index (χ0) is 16.5. The molecule has 0 unspecified atom stereocenters. The highest BCUT2D eigenvalue weighted by molar-refractivity contribution is 5.44. The standard InChI is InChI=1S/C16H23N7O/c1-3-13-19-20-15-10-21(5-6-23(13)15)12-8-22(9-12)14-7-16(24-4-2)18-11-17-14/h7,11-12H,3-6,8-10H2,1-2H3. The highest BCUT2D eigenvalue weighted by atomic mass is 16.5. The van der Waals surface area contributed by atoms with Gasteiger partial charge in [0.2, 0.25) is 5.88 Å². The Morgan fingerprint density at radius 3 is 2.83 bits per heavy atom. The highest BCUT2D eigenvalue weighted by Gasteiger charge is 2.35. The molecule has 0 spiro atoms. The highest BCUT2D eigenvalue weighted by Crippen LogP contribution is 2.26. The van der Waals surface area contributed by atoms with Crippen molar-refractivity contribution in [1.82, 2.24) is 29.6 Å². The fraction of sp³-hybridized carbons (Fsp3) is 0.625. The zero-order valence-corrected chi connectivity index (χ0v) is 14.2. The maximum atomic E-state index is 5.45. The van der Waals surface area contributed by atoms with Gasteiger partial charge in [0.25, 0.3) is 0 Å². The Morgan fingerprint density at radius 2 is 2.04 bits per heavy atom. The lowest BCUT2D eigenvalue weighted by molar-refractivity contribution is 0.127. The maximum Gasteiger partial charge on any atom is 0.218 e. The lowest BCUT2D eigenvalue weighted by atomic mass is 10.1. The molecule has 2 aromatic rings. The van der Waals surface area contributed by atoms with Gasteiger partial charge < -0.3 is 14.2 Å². The van der Waals surface area contributed by atoms with Crippen LogP contribution in [0.4, 0.5) is 5.82 Å². The number of hydrogen-bond donors (Lipinski definition) is 0. The first kappa shape index (κ1) is 15.3. The summed E-state index contributed by atoms with van der Waals surface area (Å²) in [7, 11) is 0. The van der Waals surface area contributed by atoms with E-state index in [1.807, 2.05) is 13.0 Å². The molecule has 0 atom stereocenters. The molecular formula is C16H23N7O. The van der Waals surface area contributed by atoms with E-state index in [4.69, 9.17) is 4.74 Å². The van der Waals surface area contributed by atoms with Crippen molar-refractivity contribution in [3.63, 3.8) is 0 Å². The average Bonchev–Trinajstić information content (AvgIpc) is 2.96. The van der Waals surface area contributed by atoms with Gasteiger partial charge in [-0.1, -0.05) is 6.92 Å². The summed E-state index contributed by atoms with van der Waals surface area (Å²) >= 11 is 0. The first-order valence-corrected chi connectivity index (χ1v) is 8.63. The van der Waals surface area contributed by atoms with Gasteiger partial charge in [-0.3, -0.25) is 4.90 Å². The van der Waals surface area contributed by atoms with Crippen LogP contribution >= 0.6 is 0 Å². The van der Waals surface area contributed by atoms with Crippen molar-refractivity contribution in [2.75, 3.05) is 31.1 Å². The molecule has 0 saturated carbocycles. The van der Waals surface area contributed by atoms with E-state index >= 15 is 0 Å². The van der Waals surface area contributed by atoms with E-state index in [-0.39, 0.29) is 0 Å². The summed E-state index contributed by atoms with van der Waals surface area (Å²) in [5.74, 6) is 3.78. The van der Waals surface area contributed by atoms with Gasteiger partial charge >= 0.3 is 0 Å². The van der Waals surface area contributed by atoms with E-state index in [9.17, 15) is 0 Å². The zero-order valence-electron chi connectivity index (χ0n) is 14.2. The van der Waals surface area contributed by atoms with Gasteiger partial charge in [-0.15, -0.1) is 10.2 Å². The molecule has 8 heteroatoms. The Labute approximate surface area is 141 Å². The topological polar surface area (TPSA) is 72.2 Å². The Balaban J connectivity index is 1.37. The second-order valence-corrected chi connectivity index (χ2v) is 6.21. The normalized spacial score (nSPS) is 18.3. The van der Waals surface area contributed by atoms with Gasteiger partial charge in [-0.2, -0.15) is 0 Å². The summed E-state index contributed by atoms with van der Waals surface area (Å²) in [6.45, 7) is 9.61. The summed E-state index contributed by atoms with van der Waals surface area (Å²) in [6, 6.07) is 2.46. The van der Waals surface area contributed by atoms with Crippen molar-refractivity contribution in [2.24, 2.45) is 0 Å². The third kappa shape index (κ3) is 2.71. The molecule has 0 radical (unpaired) electrons. The number of rotatable bonds is 5. The number of ether oxygens (including phenoxy) is 1. The molecule has 4 heterocycles. The van der Waals surface area contributed by atoms with Gasteiger partial charge in [0, 0.05) is 44.7 Å². The van der Waals surface area contributed by atoms with E-state index in [0.717, 1.165) is 56.6 Å². The largest absolute Gasteiger partial charge is 0.478 e. The number of aryl methyl sites for hydroxylation is 1. The quantitative estimate of drug-likeness (QED) is 0.801. The van der Waals surface area contributed by atoms with E-state index < -0.39 is 0 Å². The second-order valence-electron chi connectivity index (χ2n) is 6.21. The predicted octanol–water partition coefficient (Wildman–Crippen LogP) is 0.734. The molecule has 128 valence electrons. The summed E-state index contributed by atoms with van der Waals surface area (Å²) < 4.78 is 7.72. The smallest absolute Gasteiger partial charge is 0.218 e. The Bertz CT molecular complexity index is 710. The van der Waals surface area contributed by atoms with Crippen LogP contribution in [0.3, 0.4) is 0 Å². The molecule has 8 nitrogen and oxygen atoms in total. The average molecular weight is 329 g/mol. The lowest BCUT2D eigenvalue weighted by Crippen LogP contribution is -2.61. The van der Waals surface area contributed by atoms with Crippen LogP contribution < -0.4 is 9.64 Å². The fourth-order valence-electron chi connectivity index (χ4n) is 3.41. The van der Waals surface area contributed by atoms with Gasteiger partial charge in [0.1, 0.15) is 23.8 Å². The summed E-state index contributed by atoms with van der Waals surface area (Å²) in [5, 5.41) is 8.64. The van der Waals surface area contributed by atoms with Crippen molar-refractivity contribution in [3.05, 3.63) is 24.0 Å². The van der Waals surface area contributed by atoms with Crippen LogP contribution in [0.25, 0.3) is 0 Å². The molecule has 0 N–H and O–H groups in total. The number of nitrogens with zero attached hydrogens (tertiary/aromatic N) is 7. The van der Waals surface area contributed by atoms with Gasteiger partial charge in [0.15, 0.2) is 0 Å². The van der Waals surface area contributed by atoms with E-state index in [2.05, 4.69) is 41.5 Å². The van der Waals surface area contributed by atoms with Crippen LogP contribution in [0.1, 0.15) is 25.5 Å². The minimum atomic E-state index is 0.547. The van der Waals surface area contributed by atoms with Crippen LogP contribution in [0.15, 0.2) is 12.4 Å². The molecule has 1 fully saturated rings. The summed E-state index contributed by atoms with van der Waals surface area (Å²) in [6.07, 6.45) is 2.52. The minimum Gasteiger partial charge on any atom is -0.478 e. The maximum absolute atomic E-state index is 5.45. The van der Waals surface area contributed by atoms with E-state index in [1.54, 1.807) is 6.33 Å². The van der Waals surface area contributed by atoms with E-state index in [0.29, 0.717) is 18.5 Å². The molecule has 0 bridgehead atoms. The van der Waals surface area contributed by atoms with Crippen molar-refractivity contribution in [3.8, 4) is 5.88 Å². The van der Waals surface area contributed by atoms with E-state index in [1.165, 1.54) is 0 Å². The molecule has 0 aliphatic carbocycles. The predicted molar refractivity (Wildman–Crippen MR) is 89.0 cm³/mol. The molecule has 2 aromatic heterocycles. The van der Waals surface area contributed by atoms with Crippen molar-refractivity contribution < 1.29 is 4.74 Å². The SMILES string of the molecule is CCOc1cc(N2CC(N3CCn4c(CC)nnc4C3)C2)ncn1. The number of fused-ring (bicyclic) bond motifs is 1. The third-order valence-electron chi connectivity index (χ3n) is 4.80. The van der Waals surface area contributed by atoms with Crippen LogP contribution in [0, 0.1) is 0 Å². The Hall–Kier alpha value is -2.22. The van der Waals surface area contributed by atoms with Crippen LogP contribution in [-0.4, -0.2) is 61.9 Å². The van der Waals surface area contributed by atoms with Crippen molar-refractivity contribution in [2.45, 2.75) is 39.4 Å². The van der Waals surface area contributed by atoms with Gasteiger partial charge in [0.05, 0.1) is 13.2 Å². The fourth-order valence-corrected chi connectivity index (χ4v) is 3.41. The Morgan fingerprint density at radius 1 is 1.17 bits per heavy atom. The molecule has 2 aliphatic heterocycles. The summed E-state index contributed by atoms with van der Waals surface area (Å²) in [5.41, 5.74) is 0. The Kier molecular flexibility index (Phi) is 4.05. The first-order chi connectivity index (χ1) is 11.8. The monoisotopic (exact) mass is 329 g/mol. The van der Waals surface area contributed by atoms with Crippen molar-refractivity contribution >= 4 is 5.82 Å². The molecule has 1 saturated heterocycles. The lowest BCUT2D eigenvalue weighted by Gasteiger charge is -2.47. The van der Waals surface area contributed by atoms with Crippen molar-refractivity contribution in [1.29, 1.82) is 0 Å². The number of aromatic nitrogens is 5. The molecular weight excluding hydrogens is 306 g/mol. The minimum absolute atomic E-state index is 0.547. The van der Waals surface area contributed by atoms with Gasteiger partial charge in [-0.25, -0.2) is 9.97 Å². The molecule has 0 amide bonds. The summed E-state index contributed by atoms with van der Waals surface area (Å²) in [4.78, 5) is 13.3. The number of hydrogen-bond acceptors (Lipinski definition) is 7.